The number of fused-ring (bicyclic) bond motifs is 2. The van der Waals surface area contributed by atoms with Crippen LogP contribution in [0.4, 0.5) is 10.1 Å². The molecule has 7 aromatic carbocycles. The zero-order valence-electron chi connectivity index (χ0n) is 60.3. The number of pyridine rings is 3. The summed E-state index contributed by atoms with van der Waals surface area (Å²) in [6.07, 6.45) is 4.90. The minimum Gasteiger partial charge on any atom is -0.492 e. The number of hydrogen-bond acceptors (Lipinski definition) is 11. The lowest BCUT2D eigenvalue weighted by atomic mass is 9.98. The summed E-state index contributed by atoms with van der Waals surface area (Å²) in [4.78, 5) is 32.0. The van der Waals surface area contributed by atoms with E-state index in [0.29, 0.717) is 75.0 Å². The number of anilines is 1. The van der Waals surface area contributed by atoms with Gasteiger partial charge in [0.25, 0.3) is 5.56 Å². The molecule has 1 N–H and O–H groups in total. The van der Waals surface area contributed by atoms with E-state index < -0.39 is 16.1 Å². The second kappa shape index (κ2) is 38.2. The summed E-state index contributed by atoms with van der Waals surface area (Å²) >= 11 is 5.87. The molecule has 103 heavy (non-hydrogen) atoms. The van der Waals surface area contributed by atoms with Crippen molar-refractivity contribution in [3.63, 3.8) is 0 Å². The van der Waals surface area contributed by atoms with Crippen LogP contribution in [0.1, 0.15) is 63.8 Å². The lowest BCUT2D eigenvalue weighted by Crippen LogP contribution is -2.46. The predicted molar refractivity (Wildman–Crippen MR) is 445 cm³/mol. The molecule has 1 aliphatic rings. The fourth-order valence-electron chi connectivity index (χ4n) is 12.6. The Bertz CT molecular complexity index is 4800. The van der Waals surface area contributed by atoms with Gasteiger partial charge in [-0.05, 0) is 125 Å². The van der Waals surface area contributed by atoms with Crippen LogP contribution in [-0.2, 0) is 19.7 Å². The number of hydrogen-bond donors (Lipinski definition) is 1. The topological polar surface area (TPSA) is 117 Å². The quantitative estimate of drug-likeness (QED) is 0.0354. The number of benzene rings is 7. The van der Waals surface area contributed by atoms with Gasteiger partial charge in [-0.15, -0.1) is 29.1 Å². The van der Waals surface area contributed by atoms with Crippen LogP contribution in [0.25, 0.3) is 55.8 Å². The van der Waals surface area contributed by atoms with Crippen LogP contribution in [0.5, 0.6) is 11.5 Å². The molecule has 0 radical (unpaired) electrons. The van der Waals surface area contributed by atoms with E-state index in [-0.39, 0.29) is 16.8 Å². The Hall–Kier alpha value is -8.62. The first-order valence-corrected chi connectivity index (χ1v) is 44.1. The molecule has 0 amide bonds. The van der Waals surface area contributed by atoms with Crippen molar-refractivity contribution in [2.45, 2.75) is 102 Å². The van der Waals surface area contributed by atoms with Crippen LogP contribution in [0.15, 0.2) is 255 Å². The maximum absolute atomic E-state index is 15.1. The average molecular weight is 1560 g/mol. The van der Waals surface area contributed by atoms with Gasteiger partial charge in [0.2, 0.25) is 11.4 Å². The fourth-order valence-corrected chi connectivity index (χ4v) is 21.9. The third-order valence-corrected chi connectivity index (χ3v) is 33.3. The largest absolute Gasteiger partial charge is 0.492 e. The fraction of sp³-hybridized carbons (Fsp3) is 0.267. The normalized spacial score (nSPS) is 12.1. The second-order valence-corrected chi connectivity index (χ2v) is 39.8. The molecular formula is C86H93FIN5O6S2Si2. The Morgan fingerprint density at radius 2 is 1.13 bits per heavy atom. The van der Waals surface area contributed by atoms with Crippen molar-refractivity contribution in [2.75, 3.05) is 50.6 Å². The number of halogens is 2. The molecule has 1 fully saturated rings. The summed E-state index contributed by atoms with van der Waals surface area (Å²) in [6.45, 7) is 17.5. The summed E-state index contributed by atoms with van der Waals surface area (Å²) in [5.41, 5.74) is 14.5. The van der Waals surface area contributed by atoms with E-state index in [2.05, 4.69) is 144 Å². The molecule has 13 rings (SSSR count). The van der Waals surface area contributed by atoms with Crippen LogP contribution < -0.4 is 31.2 Å². The van der Waals surface area contributed by atoms with Gasteiger partial charge in [-0.25, -0.2) is 9.37 Å². The summed E-state index contributed by atoms with van der Waals surface area (Å²) in [5, 5.41) is 5.85. The highest BCUT2D eigenvalue weighted by molar-refractivity contribution is 14.1. The van der Waals surface area contributed by atoms with E-state index in [1.165, 1.54) is 29.9 Å². The summed E-state index contributed by atoms with van der Waals surface area (Å²) in [7, 11) is 0.915. The number of nitrogens with one attached hydrogen (secondary N) is 1. The number of nitrogens with zero attached hydrogens (tertiary/aromatic N) is 4. The van der Waals surface area contributed by atoms with Crippen molar-refractivity contribution in [1.82, 2.24) is 19.0 Å². The van der Waals surface area contributed by atoms with Gasteiger partial charge in [0.15, 0.2) is 11.2 Å². The standard InChI is InChI=1S/C27H28FN3O2S2.C26H29NO2Si.C19H16INO2.C14H20Si/c1-31(2)12-13-32-20-10-8-19(9-11-20)26-23(18-6-4-3-5-7-18)24-25(21(28)16-30-27(24)33-26)29-17-22-34-14-15-35-22;1-4-30(5-2,6-3)26-23(21-15-11-8-12-16-21)24-22(28)17-18-27(25(24)29-26)19-20-13-9-7-10-14-20;20-18-17(23-14-16-9-5-2-6-10-16)11-12-21(19(18)22)13-15-7-3-1-4-8-15;1-4-15(5-2,6-3)13-12-14-10-8-7-9-11-14/h3-11,16,22H,12-15,17H2,1-2H3,(H,29,30);7-18H,4-6,19H2,1-3H3;1-12H,13-14H2;7-11H,4-6H2,1-3H3. The molecule has 1 saturated heterocycles. The molecule has 1 aliphatic heterocycles. The average Bonchev–Trinajstić information content (AvgIpc) is 1.60. The number of likely N-dealkylation sites (N-methyl/N-ethyl adjacent to an activating group) is 1. The lowest BCUT2D eigenvalue weighted by molar-refractivity contribution is 0.261. The Morgan fingerprint density at radius 3 is 1.68 bits per heavy atom. The number of thioether (sulfide) groups is 2. The van der Waals surface area contributed by atoms with Gasteiger partial charge < -0.3 is 37.7 Å². The summed E-state index contributed by atoms with van der Waals surface area (Å²) in [6, 6.07) is 79.3. The van der Waals surface area contributed by atoms with Gasteiger partial charge in [-0.3, -0.25) is 9.59 Å². The molecule has 0 spiro atoms. The highest BCUT2D eigenvalue weighted by atomic mass is 127. The summed E-state index contributed by atoms with van der Waals surface area (Å²) < 4.78 is 44.6. The highest BCUT2D eigenvalue weighted by Gasteiger charge is 2.38. The Morgan fingerprint density at radius 1 is 0.602 bits per heavy atom. The van der Waals surface area contributed by atoms with Crippen LogP contribution in [-0.4, -0.2) is 85.0 Å². The predicted octanol–water partition coefficient (Wildman–Crippen LogP) is 20.7. The molecule has 0 saturated carbocycles. The van der Waals surface area contributed by atoms with E-state index in [9.17, 15) is 9.59 Å². The van der Waals surface area contributed by atoms with E-state index in [1.54, 1.807) is 16.8 Å². The molecule has 17 heteroatoms. The Balaban J connectivity index is 0.000000154. The smallest absolute Gasteiger partial charge is 0.268 e. The first kappa shape index (κ1) is 77.0. The first-order valence-electron chi connectivity index (χ1n) is 35.7. The van der Waals surface area contributed by atoms with Crippen molar-refractivity contribution in [2.24, 2.45) is 0 Å². The maximum Gasteiger partial charge on any atom is 0.268 e. The van der Waals surface area contributed by atoms with Crippen molar-refractivity contribution >= 4 is 95.5 Å². The summed E-state index contributed by atoms with van der Waals surface area (Å²) in [5.74, 6) is 7.32. The van der Waals surface area contributed by atoms with Crippen LogP contribution in [0.2, 0.25) is 36.3 Å². The zero-order valence-corrected chi connectivity index (χ0v) is 66.1. The highest BCUT2D eigenvalue weighted by Crippen LogP contribution is 2.45. The second-order valence-electron chi connectivity index (χ2n) is 25.7. The van der Waals surface area contributed by atoms with Crippen LogP contribution >= 0.6 is 46.1 Å². The molecule has 0 aliphatic carbocycles. The van der Waals surface area contributed by atoms with Gasteiger partial charge in [0.05, 0.1) is 45.7 Å². The molecule has 0 atom stereocenters. The third-order valence-electron chi connectivity index (χ3n) is 19.1. The number of furan rings is 2. The van der Waals surface area contributed by atoms with Gasteiger partial charge in [-0.2, -0.15) is 0 Å². The molecule has 5 aromatic heterocycles. The van der Waals surface area contributed by atoms with Gasteiger partial charge in [0.1, 0.15) is 50.2 Å². The van der Waals surface area contributed by atoms with Crippen LogP contribution in [0.3, 0.4) is 0 Å². The zero-order chi connectivity index (χ0) is 72.6. The maximum atomic E-state index is 15.1. The first-order chi connectivity index (χ1) is 50.2. The lowest BCUT2D eigenvalue weighted by Gasteiger charge is -2.26. The van der Waals surface area contributed by atoms with Crippen molar-refractivity contribution in [3.05, 3.63) is 289 Å². The van der Waals surface area contributed by atoms with E-state index in [0.717, 1.165) is 97.2 Å². The monoisotopic (exact) mass is 1560 g/mol. The number of rotatable bonds is 24. The van der Waals surface area contributed by atoms with E-state index in [1.807, 2.05) is 208 Å². The SMILES string of the molecule is CC[Si](C#Cc1ccccc1)(CC)CC.CC[Si](CC)(CC)c1oc2c(c1-c1ccccc1)c(=O)ccn2Cc1ccccc1.CN(C)CCOc1ccc(-c2oc3ncc(F)c(NCC4SCCS4)c3c2-c2ccccc2)cc1.O=c1c(I)c(OCc2ccccc2)ccn1Cc1ccccc1. The Kier molecular flexibility index (Phi) is 28.6. The molecule has 6 heterocycles. The third kappa shape index (κ3) is 20.0. The molecular weight excluding hydrogens is 1470 g/mol. The molecule has 12 aromatic rings. The molecule has 0 unspecified atom stereocenters. The Labute approximate surface area is 630 Å². The van der Waals surface area contributed by atoms with Gasteiger partial charge in [0, 0.05) is 65.3 Å². The van der Waals surface area contributed by atoms with E-state index >= 15 is 4.39 Å². The van der Waals surface area contributed by atoms with Crippen molar-refractivity contribution in [1.29, 1.82) is 0 Å². The van der Waals surface area contributed by atoms with Crippen molar-refractivity contribution in [3.8, 4) is 56.5 Å². The minimum atomic E-state index is -1.86. The molecule has 0 bridgehead atoms. The van der Waals surface area contributed by atoms with E-state index in [4.69, 9.17) is 18.3 Å². The minimum absolute atomic E-state index is 0.0278. The number of ether oxygens (including phenoxy) is 2. The molecule has 11 nitrogen and oxygen atoms in total. The van der Waals surface area contributed by atoms with Gasteiger partial charge in [-0.1, -0.05) is 235 Å². The van der Waals surface area contributed by atoms with Gasteiger partial charge >= 0.3 is 0 Å². The van der Waals surface area contributed by atoms with Crippen LogP contribution in [0, 0.1) is 20.9 Å². The molecule has 532 valence electrons. The van der Waals surface area contributed by atoms with Crippen molar-refractivity contribution < 1.29 is 22.7 Å². The number of aromatic nitrogens is 3.